The zero-order valence-electron chi connectivity index (χ0n) is 11.3. The van der Waals surface area contributed by atoms with Gasteiger partial charge in [-0.05, 0) is 18.5 Å². The van der Waals surface area contributed by atoms with Crippen LogP contribution in [0.3, 0.4) is 0 Å². The number of carbonyl (C=O) groups is 1. The predicted octanol–water partition coefficient (Wildman–Crippen LogP) is 1.05. The van der Waals surface area contributed by atoms with Crippen molar-refractivity contribution in [2.45, 2.75) is 26.3 Å². The first-order valence-electron chi connectivity index (χ1n) is 6.22. The van der Waals surface area contributed by atoms with Crippen molar-refractivity contribution in [3.8, 4) is 12.5 Å². The van der Waals surface area contributed by atoms with Crippen molar-refractivity contribution in [3.63, 3.8) is 0 Å². The first-order chi connectivity index (χ1) is 8.58. The number of aliphatic imine (C=N–C) groups is 1. The Morgan fingerprint density at radius 2 is 2.28 bits per heavy atom. The Morgan fingerprint density at radius 1 is 1.61 bits per heavy atom. The first kappa shape index (κ1) is 14.5. The lowest BCUT2D eigenvalue weighted by molar-refractivity contribution is -0.134. The molecule has 4 heteroatoms. The Morgan fingerprint density at radius 3 is 2.78 bits per heavy atom. The van der Waals surface area contributed by atoms with Gasteiger partial charge in [0.05, 0.1) is 0 Å². The summed E-state index contributed by atoms with van der Waals surface area (Å²) in [5, 5.41) is 3.14. The Kier molecular flexibility index (Phi) is 5.60. The Hall–Kier alpha value is -1.60. The molecule has 1 amide bonds. The third-order valence-electron chi connectivity index (χ3n) is 3.11. The minimum atomic E-state index is 0.161. The maximum atomic E-state index is 11.9. The topological polar surface area (TPSA) is 44.7 Å². The Balaban J connectivity index is 2.48. The normalized spacial score (nSPS) is 17.1. The van der Waals surface area contributed by atoms with Crippen molar-refractivity contribution in [2.24, 2.45) is 10.9 Å². The monoisotopic (exact) mass is 247 g/mol. The van der Waals surface area contributed by atoms with Crippen LogP contribution < -0.4 is 5.32 Å². The number of hydrogen-bond donors (Lipinski definition) is 1. The van der Waals surface area contributed by atoms with Gasteiger partial charge in [-0.1, -0.05) is 26.3 Å². The summed E-state index contributed by atoms with van der Waals surface area (Å²) in [5.41, 5.74) is 1.01. The van der Waals surface area contributed by atoms with E-state index in [0.29, 0.717) is 18.4 Å². The van der Waals surface area contributed by atoms with Crippen LogP contribution in [0.4, 0.5) is 0 Å². The molecule has 98 valence electrons. The van der Waals surface area contributed by atoms with Crippen LogP contribution in [0.25, 0.3) is 0 Å². The third kappa shape index (κ3) is 4.01. The van der Waals surface area contributed by atoms with Gasteiger partial charge in [-0.15, -0.1) is 0 Å². The fourth-order valence-electron chi connectivity index (χ4n) is 1.75. The molecule has 0 aromatic carbocycles. The van der Waals surface area contributed by atoms with Crippen LogP contribution in [0.1, 0.15) is 20.3 Å². The highest BCUT2D eigenvalue weighted by molar-refractivity contribution is 5.83. The molecule has 18 heavy (non-hydrogen) atoms. The van der Waals surface area contributed by atoms with Crippen LogP contribution >= 0.6 is 0 Å². The lowest BCUT2D eigenvalue weighted by Crippen LogP contribution is -2.58. The molecule has 0 spiro atoms. The summed E-state index contributed by atoms with van der Waals surface area (Å²) in [7, 11) is 1.92. The van der Waals surface area contributed by atoms with Gasteiger partial charge in [0.15, 0.2) is 0 Å². The third-order valence-corrected chi connectivity index (χ3v) is 3.11. The van der Waals surface area contributed by atoms with Crippen LogP contribution in [-0.2, 0) is 4.79 Å². The smallest absolute Gasteiger partial charge is 0.226 e. The molecule has 1 aliphatic heterocycles. The highest BCUT2D eigenvalue weighted by Crippen LogP contribution is 2.12. The summed E-state index contributed by atoms with van der Waals surface area (Å²) in [6, 6.07) is 2.67. The van der Waals surface area contributed by atoms with Gasteiger partial charge >= 0.3 is 0 Å². The molecule has 1 rings (SSSR count). The number of carbonyl (C=O) groups excluding carboxylic acids is 1. The standard InChI is InChI=1S/C14H21N3O/c1-5-16-8-12(11(2)3)6-7-14(18)17-9-13(10-17)15-4/h1,6,8,11,13,15H,7,9-10H2,2-4H3/b12-6+,16-8?. The van der Waals surface area contributed by atoms with Crippen LogP contribution in [0.2, 0.25) is 0 Å². The number of likely N-dealkylation sites (N-methyl/N-ethyl adjacent to an activating group) is 1. The fourth-order valence-corrected chi connectivity index (χ4v) is 1.75. The van der Waals surface area contributed by atoms with Crippen LogP contribution in [0.15, 0.2) is 16.6 Å². The molecule has 1 N–H and O–H groups in total. The van der Waals surface area contributed by atoms with E-state index in [9.17, 15) is 4.79 Å². The predicted molar refractivity (Wildman–Crippen MR) is 74.3 cm³/mol. The van der Waals surface area contributed by atoms with Gasteiger partial charge < -0.3 is 10.2 Å². The van der Waals surface area contributed by atoms with Crippen molar-refractivity contribution in [3.05, 3.63) is 11.6 Å². The molecule has 0 unspecified atom stereocenters. The van der Waals surface area contributed by atoms with Gasteiger partial charge in [0.2, 0.25) is 5.91 Å². The highest BCUT2D eigenvalue weighted by Gasteiger charge is 2.28. The first-order valence-corrected chi connectivity index (χ1v) is 6.22. The maximum absolute atomic E-state index is 11.9. The number of amides is 1. The summed E-state index contributed by atoms with van der Waals surface area (Å²) < 4.78 is 0. The van der Waals surface area contributed by atoms with E-state index in [1.807, 2.05) is 18.0 Å². The molecule has 1 aliphatic rings. The van der Waals surface area contributed by atoms with Gasteiger partial charge in [-0.25, -0.2) is 4.99 Å². The van der Waals surface area contributed by atoms with E-state index in [1.54, 1.807) is 6.21 Å². The minimum absolute atomic E-state index is 0.161. The highest BCUT2D eigenvalue weighted by atomic mass is 16.2. The number of rotatable bonds is 5. The van der Waals surface area contributed by atoms with Crippen molar-refractivity contribution < 1.29 is 4.79 Å². The molecule has 0 bridgehead atoms. The van der Waals surface area contributed by atoms with Crippen LogP contribution in [0.5, 0.6) is 0 Å². The van der Waals surface area contributed by atoms with Crippen molar-refractivity contribution in [2.75, 3.05) is 20.1 Å². The van der Waals surface area contributed by atoms with E-state index in [4.69, 9.17) is 6.42 Å². The summed E-state index contributed by atoms with van der Waals surface area (Å²) in [4.78, 5) is 17.5. The number of likely N-dealkylation sites (tertiary alicyclic amines) is 1. The Labute approximate surface area is 109 Å². The number of allylic oxidation sites excluding steroid dienone is 1. The molecular weight excluding hydrogens is 226 g/mol. The van der Waals surface area contributed by atoms with Gasteiger partial charge in [-0.3, -0.25) is 4.79 Å². The quantitative estimate of drug-likeness (QED) is 0.583. The molecule has 0 atom stereocenters. The van der Waals surface area contributed by atoms with Gasteiger partial charge in [0, 0.05) is 37.8 Å². The van der Waals surface area contributed by atoms with Gasteiger partial charge in [0.25, 0.3) is 0 Å². The van der Waals surface area contributed by atoms with E-state index in [2.05, 4.69) is 30.2 Å². The summed E-state index contributed by atoms with van der Waals surface area (Å²) >= 11 is 0. The van der Waals surface area contributed by atoms with E-state index in [-0.39, 0.29) is 5.91 Å². The number of hydrogen-bond acceptors (Lipinski definition) is 3. The van der Waals surface area contributed by atoms with Crippen LogP contribution in [-0.4, -0.2) is 43.2 Å². The van der Waals surface area contributed by atoms with Crippen molar-refractivity contribution in [1.29, 1.82) is 0 Å². The maximum Gasteiger partial charge on any atom is 0.226 e. The molecule has 4 nitrogen and oxygen atoms in total. The molecule has 0 saturated carbocycles. The number of nitrogens with one attached hydrogen (secondary N) is 1. The Bertz CT molecular complexity index is 384. The van der Waals surface area contributed by atoms with Crippen molar-refractivity contribution >= 4 is 12.1 Å². The van der Waals surface area contributed by atoms with E-state index in [1.165, 1.54) is 0 Å². The average molecular weight is 247 g/mol. The van der Waals surface area contributed by atoms with Gasteiger partial charge in [-0.2, -0.15) is 0 Å². The van der Waals surface area contributed by atoms with E-state index >= 15 is 0 Å². The summed E-state index contributed by atoms with van der Waals surface area (Å²) in [6.45, 7) is 5.72. The fraction of sp³-hybridized carbons (Fsp3) is 0.571. The second-order valence-electron chi connectivity index (χ2n) is 4.73. The number of terminal acetylenes is 1. The van der Waals surface area contributed by atoms with E-state index < -0.39 is 0 Å². The molecule has 0 aromatic heterocycles. The van der Waals surface area contributed by atoms with Crippen LogP contribution in [0, 0.1) is 18.4 Å². The summed E-state index contributed by atoms with van der Waals surface area (Å²) in [6.07, 6.45) is 9.08. The van der Waals surface area contributed by atoms with E-state index in [0.717, 1.165) is 18.7 Å². The molecule has 0 aliphatic carbocycles. The molecule has 1 saturated heterocycles. The second kappa shape index (κ2) is 6.97. The SMILES string of the molecule is C#CN=C/C(=C\CC(=O)N1CC(NC)C1)C(C)C. The molecule has 0 radical (unpaired) electrons. The second-order valence-corrected chi connectivity index (χ2v) is 4.73. The molecule has 0 aromatic rings. The van der Waals surface area contributed by atoms with Crippen molar-refractivity contribution in [1.82, 2.24) is 10.2 Å². The minimum Gasteiger partial charge on any atom is -0.339 e. The molecule has 1 fully saturated rings. The number of nitrogens with zero attached hydrogens (tertiary/aromatic N) is 2. The largest absolute Gasteiger partial charge is 0.339 e. The molecular formula is C14H21N3O. The lowest BCUT2D eigenvalue weighted by atomic mass is 10.0. The van der Waals surface area contributed by atoms with Gasteiger partial charge in [0.1, 0.15) is 0 Å². The zero-order chi connectivity index (χ0) is 13.5. The lowest BCUT2D eigenvalue weighted by Gasteiger charge is -2.39. The molecule has 1 heterocycles. The zero-order valence-corrected chi connectivity index (χ0v) is 11.3. The average Bonchev–Trinajstić information content (AvgIpc) is 2.27. The summed E-state index contributed by atoms with van der Waals surface area (Å²) in [5.74, 6) is 0.477.